The topological polar surface area (TPSA) is 154 Å². The van der Waals surface area contributed by atoms with Crippen LogP contribution in [0.2, 0.25) is 20.1 Å². The molecule has 14 nitrogen and oxygen atoms in total. The van der Waals surface area contributed by atoms with Crippen LogP contribution in [0.1, 0.15) is 77.3 Å². The molecule has 2 saturated heterocycles. The monoisotopic (exact) mass is 1050 g/mol. The van der Waals surface area contributed by atoms with Crippen LogP contribution in [-0.2, 0) is 46.3 Å². The van der Waals surface area contributed by atoms with Gasteiger partial charge in [-0.1, -0.05) is 58.5 Å². The lowest BCUT2D eigenvalue weighted by molar-refractivity contribution is -0.141. The van der Waals surface area contributed by atoms with Gasteiger partial charge in [0, 0.05) is 70.0 Å². The highest BCUT2D eigenvalue weighted by molar-refractivity contribution is 7.81. The van der Waals surface area contributed by atoms with Gasteiger partial charge in [-0.05, 0) is 137 Å². The molecule has 0 atom stereocenters. The number of carbonyl (C=O) groups excluding carboxylic acids is 5. The van der Waals surface area contributed by atoms with Crippen molar-refractivity contribution in [2.45, 2.75) is 90.1 Å². The number of amides is 2. The van der Waals surface area contributed by atoms with Crippen LogP contribution in [0.3, 0.4) is 0 Å². The first kappa shape index (κ1) is 54.0. The van der Waals surface area contributed by atoms with Gasteiger partial charge in [0.15, 0.2) is 10.2 Å². The number of carbonyl (C=O) groups is 6. The summed E-state index contributed by atoms with van der Waals surface area (Å²) in [5.41, 5.74) is 1.76. The summed E-state index contributed by atoms with van der Waals surface area (Å²) in [4.78, 5) is 86.4. The number of thiocarbonyl (C=S) groups is 2. The van der Waals surface area contributed by atoms with Crippen molar-refractivity contribution in [2.75, 3.05) is 26.7 Å². The summed E-state index contributed by atoms with van der Waals surface area (Å²) in [5.74, 6) is -2.03. The maximum atomic E-state index is 13.4. The molecule has 0 unspecified atom stereocenters. The van der Waals surface area contributed by atoms with Crippen LogP contribution < -0.4 is 19.6 Å². The number of hydrogen-bond acceptors (Lipinski definition) is 9. The summed E-state index contributed by atoms with van der Waals surface area (Å²) in [7, 11) is 1.31. The minimum absolute atomic E-state index is 0.0404. The van der Waals surface area contributed by atoms with E-state index in [1.54, 1.807) is 98.2 Å². The number of carboxylic acids is 1. The van der Waals surface area contributed by atoms with Gasteiger partial charge >= 0.3 is 11.9 Å². The number of rotatable bonds is 16. The van der Waals surface area contributed by atoms with E-state index in [2.05, 4.69) is 14.4 Å². The Morgan fingerprint density at radius 1 is 0.594 bits per heavy atom. The van der Waals surface area contributed by atoms with Crippen LogP contribution in [0, 0.1) is 13.1 Å². The quantitative estimate of drug-likeness (QED) is 0.0645. The molecule has 4 aromatic carbocycles. The highest BCUT2D eigenvalue weighted by Crippen LogP contribution is 2.41. The smallest absolute Gasteiger partial charge is 0.305 e. The van der Waals surface area contributed by atoms with Gasteiger partial charge in [-0.25, -0.2) is 9.69 Å². The predicted molar refractivity (Wildman–Crippen MR) is 276 cm³/mol. The third-order valence-corrected chi connectivity index (χ3v) is 13.3. The normalized spacial score (nSPS) is 14.8. The van der Waals surface area contributed by atoms with E-state index >= 15 is 0 Å². The van der Waals surface area contributed by atoms with E-state index in [1.807, 2.05) is 0 Å². The number of carboxylic acid groups (broad SMARTS) is 1. The van der Waals surface area contributed by atoms with Gasteiger partial charge in [-0.2, -0.15) is 0 Å². The van der Waals surface area contributed by atoms with Crippen LogP contribution >= 0.6 is 70.8 Å². The molecule has 4 aromatic rings. The number of nitrogens with zero attached hydrogens (tertiary/aromatic N) is 6. The van der Waals surface area contributed by atoms with Crippen molar-refractivity contribution in [3.63, 3.8) is 0 Å². The molecule has 0 bridgehead atoms. The van der Waals surface area contributed by atoms with Crippen molar-refractivity contribution >= 4 is 151 Å². The average Bonchev–Trinajstić information content (AvgIpc) is 3.58. The highest BCUT2D eigenvalue weighted by Gasteiger charge is 2.51. The number of Topliss-reactive ketones (excluding diaryl/α,β-unsaturated/α-hetero) is 2. The molecule has 2 amide bonds. The predicted octanol–water partition coefficient (Wildman–Crippen LogP) is 11.7. The lowest BCUT2D eigenvalue weighted by Gasteiger charge is -2.30. The first-order valence-electron chi connectivity index (χ1n) is 21.1. The molecule has 358 valence electrons. The zero-order valence-electron chi connectivity index (χ0n) is 37.9. The standard InChI is InChI=1S/C25H23Cl2N3O4S.C24H21Cl2N3O4S/c1-25(2)23(33)29(16-9-11-21(28-3)20(27)14-16)24(35)30(25)17-8-10-19(26)15(12-17)13-18(31)6-5-7-22(32)34-4;1-24(2)22(33)28(15-8-10-20(27-3)19(26)13-15)23(34)29(24)16-7-9-18(25)14(11-16)12-17(30)5-4-6-21(31)32/h8-12,14H,5-7,13H2,1-2,4H3;7-11,13H,4-6,12H2,1-2H3,(H,31,32). The van der Waals surface area contributed by atoms with E-state index in [0.717, 1.165) is 0 Å². The molecule has 0 aromatic heterocycles. The SMILES string of the molecule is [C-]#[N+]c1ccc(N2C(=O)C(C)(C)N(c3ccc(Cl)c(CC(=O)CCCC(=O)O)c3)C2=S)cc1Cl.[C-]#[N+]c1ccc(N2C(=O)C(C)(C)N(c3ccc(Cl)c(CC(=O)CCCC(=O)OC)c3)C2=S)cc1Cl. The molecular formula is C49H44Cl4N6O8S2. The molecule has 20 heteroatoms. The van der Waals surface area contributed by atoms with Crippen molar-refractivity contribution < 1.29 is 38.6 Å². The van der Waals surface area contributed by atoms with E-state index in [-0.39, 0.29) is 106 Å². The Hall–Kier alpha value is -5.98. The Bertz CT molecular complexity index is 2880. The average molecular weight is 1050 g/mol. The number of methoxy groups -OCH3 is 1. The molecule has 2 aliphatic rings. The van der Waals surface area contributed by atoms with Crippen LogP contribution in [-0.4, -0.2) is 68.8 Å². The number of ketones is 2. The van der Waals surface area contributed by atoms with Crippen LogP contribution in [0.25, 0.3) is 9.69 Å². The number of hydrogen-bond donors (Lipinski definition) is 1. The summed E-state index contributed by atoms with van der Waals surface area (Å²) in [6.07, 6.45) is 1.22. The lowest BCUT2D eigenvalue weighted by Crippen LogP contribution is -2.44. The molecule has 0 aliphatic carbocycles. The molecule has 0 spiro atoms. The zero-order valence-corrected chi connectivity index (χ0v) is 42.6. The van der Waals surface area contributed by atoms with E-state index in [9.17, 15) is 28.8 Å². The van der Waals surface area contributed by atoms with E-state index in [4.69, 9.17) is 89.1 Å². The third kappa shape index (κ3) is 12.1. The second-order valence-electron chi connectivity index (χ2n) is 16.8. The number of anilines is 4. The fraction of sp³-hybridized carbons (Fsp3) is 0.306. The molecule has 2 heterocycles. The van der Waals surface area contributed by atoms with Crippen LogP contribution in [0.5, 0.6) is 0 Å². The Morgan fingerprint density at radius 2 is 0.971 bits per heavy atom. The summed E-state index contributed by atoms with van der Waals surface area (Å²) < 4.78 is 4.60. The van der Waals surface area contributed by atoms with E-state index < -0.39 is 17.0 Å². The molecule has 0 saturated carbocycles. The first-order chi connectivity index (χ1) is 32.5. The zero-order chi connectivity index (χ0) is 51.1. The Kier molecular flexibility index (Phi) is 17.7. The van der Waals surface area contributed by atoms with Crippen LogP contribution in [0.15, 0.2) is 72.8 Å². The number of ether oxygens (including phenoxy) is 1. The number of benzene rings is 4. The fourth-order valence-electron chi connectivity index (χ4n) is 7.61. The Morgan fingerprint density at radius 3 is 1.32 bits per heavy atom. The molecule has 6 rings (SSSR count). The number of halogens is 4. The first-order valence-corrected chi connectivity index (χ1v) is 23.4. The van der Waals surface area contributed by atoms with E-state index in [1.165, 1.54) is 29.0 Å². The van der Waals surface area contributed by atoms with Gasteiger partial charge in [-0.15, -0.1) is 0 Å². The van der Waals surface area contributed by atoms with Gasteiger partial charge < -0.3 is 19.6 Å². The second-order valence-corrected chi connectivity index (χ2v) is 19.1. The van der Waals surface area contributed by atoms with E-state index in [0.29, 0.717) is 50.3 Å². The van der Waals surface area contributed by atoms with Crippen molar-refractivity contribution in [1.82, 2.24) is 0 Å². The van der Waals surface area contributed by atoms with Crippen molar-refractivity contribution in [3.8, 4) is 0 Å². The second kappa shape index (κ2) is 22.6. The summed E-state index contributed by atoms with van der Waals surface area (Å²) in [5, 5.41) is 10.5. The highest BCUT2D eigenvalue weighted by atomic mass is 35.5. The minimum atomic E-state index is -1.04. The molecule has 2 fully saturated rings. The minimum Gasteiger partial charge on any atom is -0.481 e. The largest absolute Gasteiger partial charge is 0.481 e. The van der Waals surface area contributed by atoms with Gasteiger partial charge in [0.2, 0.25) is 11.4 Å². The molecule has 69 heavy (non-hydrogen) atoms. The van der Waals surface area contributed by atoms with Crippen molar-refractivity contribution in [2.24, 2.45) is 0 Å². The fourth-order valence-corrected chi connectivity index (χ4v) is 9.45. The summed E-state index contributed by atoms with van der Waals surface area (Å²) in [6, 6.07) is 19.6. The Labute approximate surface area is 430 Å². The number of esters is 1. The maximum Gasteiger partial charge on any atom is 0.305 e. The van der Waals surface area contributed by atoms with Crippen molar-refractivity contribution in [3.05, 3.63) is 127 Å². The molecule has 0 radical (unpaired) electrons. The van der Waals surface area contributed by atoms with Gasteiger partial charge in [0.05, 0.1) is 31.6 Å². The van der Waals surface area contributed by atoms with Gasteiger partial charge in [-0.3, -0.25) is 38.6 Å². The maximum absolute atomic E-state index is 13.4. The number of aliphatic carboxylic acids is 1. The van der Waals surface area contributed by atoms with Gasteiger partial charge in [0.1, 0.15) is 22.6 Å². The molecular weight excluding hydrogens is 1010 g/mol. The van der Waals surface area contributed by atoms with Crippen LogP contribution in [0.4, 0.5) is 34.1 Å². The molecule has 1 N–H and O–H groups in total. The molecule has 2 aliphatic heterocycles. The summed E-state index contributed by atoms with van der Waals surface area (Å²) >= 11 is 36.4. The summed E-state index contributed by atoms with van der Waals surface area (Å²) in [6.45, 7) is 21.3. The third-order valence-electron chi connectivity index (χ3n) is 11.2. The van der Waals surface area contributed by atoms with Gasteiger partial charge in [0.25, 0.3) is 11.8 Å². The van der Waals surface area contributed by atoms with Crippen molar-refractivity contribution in [1.29, 1.82) is 0 Å². The Balaban J connectivity index is 0.000000258. The lowest BCUT2D eigenvalue weighted by atomic mass is 10.0.